The van der Waals surface area contributed by atoms with Crippen molar-refractivity contribution in [1.82, 2.24) is 0 Å². The number of unbranched alkanes of at least 4 members (excludes halogenated alkanes) is 8. The van der Waals surface area contributed by atoms with Crippen molar-refractivity contribution in [3.05, 3.63) is 41.0 Å². The van der Waals surface area contributed by atoms with Crippen LogP contribution in [0, 0.1) is 5.92 Å². The summed E-state index contributed by atoms with van der Waals surface area (Å²) in [5.74, 6) is 1.63. The van der Waals surface area contributed by atoms with Crippen LogP contribution in [0.15, 0.2) is 29.9 Å². The van der Waals surface area contributed by atoms with E-state index in [1.807, 2.05) is 18.2 Å². The smallest absolute Gasteiger partial charge is 0.311 e. The van der Waals surface area contributed by atoms with Gasteiger partial charge in [-0.2, -0.15) is 0 Å². The topological polar surface area (TPSA) is 61.8 Å². The number of ether oxygens (including phenoxy) is 3. The Hall–Kier alpha value is -2.56. The zero-order valence-electron chi connectivity index (χ0n) is 28.0. The largest absolute Gasteiger partial charge is 0.487 e. The molecule has 0 amide bonds. The number of rotatable bonds is 18. The molecule has 0 bridgehead atoms. The van der Waals surface area contributed by atoms with Gasteiger partial charge in [0, 0.05) is 30.2 Å². The molecule has 1 aliphatic heterocycles. The van der Waals surface area contributed by atoms with Crippen molar-refractivity contribution in [3.8, 4) is 11.5 Å². The van der Waals surface area contributed by atoms with Gasteiger partial charge in [0.25, 0.3) is 0 Å². The van der Waals surface area contributed by atoms with Crippen molar-refractivity contribution < 1.29 is 23.8 Å². The van der Waals surface area contributed by atoms with Crippen LogP contribution in [0.4, 0.5) is 0 Å². The molecule has 240 valence electrons. The fourth-order valence-electron chi connectivity index (χ4n) is 6.51. The number of hydrogen-bond donors (Lipinski definition) is 0. The SMILES string of the molecule is CCCCCCCCCC(/C=C/c1cc(OC(=O)CCCC)c2c(c1)OC(C)(C)C1CC=C(C)CC21)OC(=O)CCCC. The minimum Gasteiger partial charge on any atom is -0.487 e. The molecule has 5 heteroatoms. The van der Waals surface area contributed by atoms with Crippen molar-refractivity contribution in [2.45, 2.75) is 162 Å². The van der Waals surface area contributed by atoms with Crippen molar-refractivity contribution in [1.29, 1.82) is 0 Å². The first-order valence-electron chi connectivity index (χ1n) is 17.3. The number of fused-ring (bicyclic) bond motifs is 3. The Kier molecular flexibility index (Phi) is 14.3. The minimum absolute atomic E-state index is 0.132. The maximum absolute atomic E-state index is 12.9. The monoisotopic (exact) mass is 594 g/mol. The van der Waals surface area contributed by atoms with Gasteiger partial charge in [-0.1, -0.05) is 89.9 Å². The summed E-state index contributed by atoms with van der Waals surface area (Å²) in [6.45, 7) is 12.9. The summed E-state index contributed by atoms with van der Waals surface area (Å²) in [5.41, 5.74) is 2.94. The summed E-state index contributed by atoms with van der Waals surface area (Å²) in [7, 11) is 0. The summed E-state index contributed by atoms with van der Waals surface area (Å²) < 4.78 is 18.7. The third-order valence-electron chi connectivity index (χ3n) is 9.08. The molecular formula is C38H58O5. The lowest BCUT2D eigenvalue weighted by atomic mass is 9.67. The number of hydrogen-bond acceptors (Lipinski definition) is 5. The van der Waals surface area contributed by atoms with Crippen LogP contribution in [-0.2, 0) is 14.3 Å². The standard InChI is InChI=1S/C38H58O5/c1-7-10-13-14-15-16-17-18-30(41-35(39)19-11-8-2)23-22-29-26-33(42-36(40)20-12-9-3)37-31-25-28(4)21-24-32(31)38(5,6)43-34(37)27-29/h21-23,26-27,30-32H,7-20,24-25H2,1-6H3/b23-22+. The Morgan fingerprint density at radius 1 is 0.930 bits per heavy atom. The molecular weight excluding hydrogens is 536 g/mol. The first-order chi connectivity index (χ1) is 20.7. The van der Waals surface area contributed by atoms with Gasteiger partial charge in [-0.15, -0.1) is 0 Å². The van der Waals surface area contributed by atoms with E-state index in [0.717, 1.165) is 74.7 Å². The third-order valence-corrected chi connectivity index (χ3v) is 9.08. The van der Waals surface area contributed by atoms with E-state index in [-0.39, 0.29) is 29.6 Å². The van der Waals surface area contributed by atoms with E-state index < -0.39 is 0 Å². The molecule has 3 rings (SSSR count). The molecule has 0 saturated heterocycles. The van der Waals surface area contributed by atoms with Gasteiger partial charge in [0.2, 0.25) is 0 Å². The molecule has 0 radical (unpaired) electrons. The first-order valence-corrected chi connectivity index (χ1v) is 17.3. The predicted octanol–water partition coefficient (Wildman–Crippen LogP) is 10.6. The molecule has 0 spiro atoms. The van der Waals surface area contributed by atoms with Gasteiger partial charge in [-0.3, -0.25) is 9.59 Å². The van der Waals surface area contributed by atoms with E-state index in [9.17, 15) is 9.59 Å². The average Bonchev–Trinajstić information content (AvgIpc) is 2.96. The molecule has 3 unspecified atom stereocenters. The van der Waals surface area contributed by atoms with Crippen LogP contribution in [0.2, 0.25) is 0 Å². The van der Waals surface area contributed by atoms with E-state index >= 15 is 0 Å². The molecule has 43 heavy (non-hydrogen) atoms. The van der Waals surface area contributed by atoms with Gasteiger partial charge in [0.1, 0.15) is 23.2 Å². The maximum Gasteiger partial charge on any atom is 0.311 e. The molecule has 0 saturated carbocycles. The lowest BCUT2D eigenvalue weighted by molar-refractivity contribution is -0.147. The highest BCUT2D eigenvalue weighted by Crippen LogP contribution is 2.54. The molecule has 0 N–H and O–H groups in total. The second-order valence-electron chi connectivity index (χ2n) is 13.3. The molecule has 0 aromatic heterocycles. The van der Waals surface area contributed by atoms with Gasteiger partial charge >= 0.3 is 11.9 Å². The summed E-state index contributed by atoms with van der Waals surface area (Å²) in [4.78, 5) is 25.5. The average molecular weight is 595 g/mol. The highest BCUT2D eigenvalue weighted by Gasteiger charge is 2.46. The second kappa shape index (κ2) is 17.7. The summed E-state index contributed by atoms with van der Waals surface area (Å²) in [5, 5.41) is 0. The normalized spacial score (nSPS) is 19.6. The van der Waals surface area contributed by atoms with E-state index in [2.05, 4.69) is 53.7 Å². The van der Waals surface area contributed by atoms with Crippen molar-refractivity contribution >= 4 is 18.0 Å². The molecule has 0 fully saturated rings. The van der Waals surface area contributed by atoms with Crippen LogP contribution in [0.3, 0.4) is 0 Å². The zero-order chi connectivity index (χ0) is 31.2. The first kappa shape index (κ1) is 34.9. The molecule has 1 aromatic rings. The van der Waals surface area contributed by atoms with Crippen LogP contribution in [0.5, 0.6) is 11.5 Å². The Morgan fingerprint density at radius 2 is 1.58 bits per heavy atom. The van der Waals surface area contributed by atoms with Crippen molar-refractivity contribution in [2.24, 2.45) is 5.92 Å². The molecule has 1 aliphatic carbocycles. The van der Waals surface area contributed by atoms with E-state index in [1.165, 1.54) is 37.7 Å². The number of esters is 2. The van der Waals surface area contributed by atoms with E-state index in [1.54, 1.807) is 0 Å². The highest BCUT2D eigenvalue weighted by molar-refractivity contribution is 5.74. The van der Waals surface area contributed by atoms with Crippen LogP contribution < -0.4 is 9.47 Å². The van der Waals surface area contributed by atoms with E-state index in [4.69, 9.17) is 14.2 Å². The van der Waals surface area contributed by atoms with Crippen LogP contribution in [-0.4, -0.2) is 23.6 Å². The van der Waals surface area contributed by atoms with Crippen LogP contribution in [0.1, 0.15) is 161 Å². The van der Waals surface area contributed by atoms with Gasteiger partial charge in [-0.05, 0) is 83.1 Å². The summed E-state index contributed by atoms with van der Waals surface area (Å²) in [6, 6.07) is 4.06. The van der Waals surface area contributed by atoms with Gasteiger partial charge in [0.15, 0.2) is 0 Å². The highest BCUT2D eigenvalue weighted by atomic mass is 16.5. The molecule has 5 nitrogen and oxygen atoms in total. The van der Waals surface area contributed by atoms with Crippen LogP contribution in [0.25, 0.3) is 6.08 Å². The Bertz CT molecular complexity index is 1100. The zero-order valence-corrected chi connectivity index (χ0v) is 28.0. The van der Waals surface area contributed by atoms with Crippen molar-refractivity contribution in [3.63, 3.8) is 0 Å². The Morgan fingerprint density at radius 3 is 2.28 bits per heavy atom. The quantitative estimate of drug-likeness (QED) is 0.0732. The van der Waals surface area contributed by atoms with Gasteiger partial charge in [-0.25, -0.2) is 0 Å². The van der Waals surface area contributed by atoms with Gasteiger partial charge in [0.05, 0.1) is 0 Å². The lowest BCUT2D eigenvalue weighted by Gasteiger charge is -2.47. The van der Waals surface area contributed by atoms with Crippen LogP contribution >= 0.6 is 0 Å². The molecule has 1 aromatic carbocycles. The minimum atomic E-state index is -0.338. The molecule has 1 heterocycles. The number of carbonyl (C=O) groups excluding carboxylic acids is 2. The Labute approximate surface area is 261 Å². The second-order valence-corrected chi connectivity index (χ2v) is 13.3. The van der Waals surface area contributed by atoms with Crippen molar-refractivity contribution in [2.75, 3.05) is 0 Å². The summed E-state index contributed by atoms with van der Waals surface area (Å²) in [6.07, 6.45) is 21.7. The van der Waals surface area contributed by atoms with Gasteiger partial charge < -0.3 is 14.2 Å². The Balaban J connectivity index is 1.87. The number of allylic oxidation sites excluding steroid dienone is 2. The lowest BCUT2D eigenvalue weighted by Crippen LogP contribution is -2.45. The summed E-state index contributed by atoms with van der Waals surface area (Å²) >= 11 is 0. The fraction of sp³-hybridized carbons (Fsp3) is 0.684. The van der Waals surface area contributed by atoms with E-state index in [0.29, 0.717) is 24.5 Å². The third kappa shape index (κ3) is 10.8. The number of benzene rings is 1. The predicted molar refractivity (Wildman–Crippen MR) is 177 cm³/mol. The molecule has 3 atom stereocenters. The number of carbonyl (C=O) groups is 2. The fourth-order valence-corrected chi connectivity index (χ4v) is 6.51. The maximum atomic E-state index is 12.9. The molecule has 2 aliphatic rings.